The summed E-state index contributed by atoms with van der Waals surface area (Å²) in [5.74, 6) is 0.740. The van der Waals surface area contributed by atoms with E-state index in [4.69, 9.17) is 4.74 Å². The highest BCUT2D eigenvalue weighted by molar-refractivity contribution is 5.32. The Morgan fingerprint density at radius 3 is 2.18 bits per heavy atom. The van der Waals surface area contributed by atoms with Crippen molar-refractivity contribution in [1.29, 1.82) is 0 Å². The molecule has 2 rings (SSSR count). The van der Waals surface area contributed by atoms with Gasteiger partial charge in [0, 0.05) is 12.0 Å². The van der Waals surface area contributed by atoms with E-state index in [1.54, 1.807) is 0 Å². The number of rotatable bonds is 4. The van der Waals surface area contributed by atoms with Gasteiger partial charge in [0.2, 0.25) is 0 Å². The number of hydrogen-bond acceptors (Lipinski definition) is 2. The van der Waals surface area contributed by atoms with Gasteiger partial charge in [0.25, 0.3) is 0 Å². The Morgan fingerprint density at radius 1 is 1.24 bits per heavy atom. The molecular weight excluding hydrogens is 212 g/mol. The SMILES string of the molecule is Cc1ccc(C2(C(CO)C(C)C)COC2)cc1. The molecule has 1 atom stereocenters. The van der Waals surface area contributed by atoms with Crippen molar-refractivity contribution in [2.75, 3.05) is 19.8 Å². The van der Waals surface area contributed by atoms with Crippen LogP contribution >= 0.6 is 0 Å². The van der Waals surface area contributed by atoms with Crippen molar-refractivity contribution < 1.29 is 9.84 Å². The number of aliphatic hydroxyl groups excluding tert-OH is 1. The average molecular weight is 234 g/mol. The van der Waals surface area contributed by atoms with Crippen LogP contribution in [0.15, 0.2) is 24.3 Å². The van der Waals surface area contributed by atoms with E-state index in [1.807, 2.05) is 0 Å². The van der Waals surface area contributed by atoms with Crippen molar-refractivity contribution in [1.82, 2.24) is 0 Å². The Balaban J connectivity index is 2.33. The van der Waals surface area contributed by atoms with Crippen molar-refractivity contribution in [3.8, 4) is 0 Å². The molecule has 0 amide bonds. The van der Waals surface area contributed by atoms with Crippen molar-refractivity contribution in [3.05, 3.63) is 35.4 Å². The number of aryl methyl sites for hydroxylation is 1. The molecule has 1 aliphatic rings. The first-order valence-electron chi connectivity index (χ1n) is 6.36. The molecule has 1 unspecified atom stereocenters. The fraction of sp³-hybridized carbons (Fsp3) is 0.600. The zero-order valence-electron chi connectivity index (χ0n) is 10.9. The van der Waals surface area contributed by atoms with Gasteiger partial charge in [0.15, 0.2) is 0 Å². The maximum Gasteiger partial charge on any atom is 0.0589 e. The van der Waals surface area contributed by atoms with Crippen molar-refractivity contribution in [2.24, 2.45) is 11.8 Å². The van der Waals surface area contributed by atoms with Crippen molar-refractivity contribution in [2.45, 2.75) is 26.2 Å². The fourth-order valence-electron chi connectivity index (χ4n) is 2.83. The second-order valence-corrected chi connectivity index (χ2v) is 5.55. The smallest absolute Gasteiger partial charge is 0.0589 e. The van der Waals surface area contributed by atoms with Gasteiger partial charge >= 0.3 is 0 Å². The Labute approximate surface area is 104 Å². The minimum atomic E-state index is 0.0244. The van der Waals surface area contributed by atoms with E-state index in [9.17, 15) is 5.11 Å². The number of ether oxygens (including phenoxy) is 1. The minimum Gasteiger partial charge on any atom is -0.396 e. The third-order valence-electron chi connectivity index (χ3n) is 4.06. The van der Waals surface area contributed by atoms with Crippen LogP contribution in [-0.2, 0) is 10.2 Å². The van der Waals surface area contributed by atoms with E-state index in [2.05, 4.69) is 45.0 Å². The summed E-state index contributed by atoms with van der Waals surface area (Å²) >= 11 is 0. The predicted molar refractivity (Wildman–Crippen MR) is 69.1 cm³/mol. The lowest BCUT2D eigenvalue weighted by atomic mass is 9.65. The van der Waals surface area contributed by atoms with Gasteiger partial charge in [-0.2, -0.15) is 0 Å². The highest BCUT2D eigenvalue weighted by Crippen LogP contribution is 2.42. The average Bonchev–Trinajstić information content (AvgIpc) is 2.24. The van der Waals surface area contributed by atoms with Crippen LogP contribution in [0.25, 0.3) is 0 Å². The second kappa shape index (κ2) is 4.79. The molecule has 1 aromatic rings. The molecule has 1 N–H and O–H groups in total. The van der Waals surface area contributed by atoms with Crippen LogP contribution in [0.4, 0.5) is 0 Å². The summed E-state index contributed by atoms with van der Waals surface area (Å²) in [4.78, 5) is 0. The lowest BCUT2D eigenvalue weighted by Gasteiger charge is -2.48. The van der Waals surface area contributed by atoms with Gasteiger partial charge in [-0.3, -0.25) is 0 Å². The first-order chi connectivity index (χ1) is 8.10. The van der Waals surface area contributed by atoms with Gasteiger partial charge < -0.3 is 9.84 Å². The molecule has 1 aliphatic heterocycles. The molecule has 0 aliphatic carbocycles. The Kier molecular flexibility index (Phi) is 3.55. The highest BCUT2D eigenvalue weighted by atomic mass is 16.5. The van der Waals surface area contributed by atoms with E-state index in [0.29, 0.717) is 5.92 Å². The van der Waals surface area contributed by atoms with Crippen LogP contribution in [0.5, 0.6) is 0 Å². The van der Waals surface area contributed by atoms with Crippen molar-refractivity contribution in [3.63, 3.8) is 0 Å². The first-order valence-corrected chi connectivity index (χ1v) is 6.36. The summed E-state index contributed by atoms with van der Waals surface area (Å²) in [7, 11) is 0. The molecule has 1 aromatic carbocycles. The maximum atomic E-state index is 9.66. The molecule has 2 nitrogen and oxygen atoms in total. The molecule has 1 saturated heterocycles. The van der Waals surface area contributed by atoms with Crippen LogP contribution in [0.3, 0.4) is 0 Å². The summed E-state index contributed by atoms with van der Waals surface area (Å²) < 4.78 is 5.44. The Hall–Kier alpha value is -0.860. The first kappa shape index (κ1) is 12.6. The van der Waals surface area contributed by atoms with Crippen LogP contribution in [-0.4, -0.2) is 24.9 Å². The molecule has 1 heterocycles. The van der Waals surface area contributed by atoms with Gasteiger partial charge in [-0.15, -0.1) is 0 Å². The summed E-state index contributed by atoms with van der Waals surface area (Å²) in [5.41, 5.74) is 2.60. The summed E-state index contributed by atoms with van der Waals surface area (Å²) in [5, 5.41) is 9.66. The molecule has 0 radical (unpaired) electrons. The molecule has 0 aromatic heterocycles. The molecule has 0 saturated carbocycles. The monoisotopic (exact) mass is 234 g/mol. The highest BCUT2D eigenvalue weighted by Gasteiger charge is 2.47. The zero-order chi connectivity index (χ0) is 12.5. The van der Waals surface area contributed by atoms with E-state index >= 15 is 0 Å². The Bertz CT molecular complexity index is 363. The van der Waals surface area contributed by atoms with E-state index < -0.39 is 0 Å². The number of benzene rings is 1. The topological polar surface area (TPSA) is 29.5 Å². The minimum absolute atomic E-state index is 0.0244. The van der Waals surface area contributed by atoms with E-state index in [1.165, 1.54) is 11.1 Å². The van der Waals surface area contributed by atoms with Crippen LogP contribution in [0.1, 0.15) is 25.0 Å². The van der Waals surface area contributed by atoms with E-state index in [0.717, 1.165) is 13.2 Å². The fourth-order valence-corrected chi connectivity index (χ4v) is 2.83. The number of aliphatic hydroxyl groups is 1. The standard InChI is InChI=1S/C15H22O2/c1-11(2)14(8-16)15(9-17-10-15)13-6-4-12(3)5-7-13/h4-7,11,14,16H,8-10H2,1-3H3. The summed E-state index contributed by atoms with van der Waals surface area (Å²) in [6.45, 7) is 8.15. The summed E-state index contributed by atoms with van der Waals surface area (Å²) in [6, 6.07) is 8.65. The quantitative estimate of drug-likeness (QED) is 0.867. The van der Waals surface area contributed by atoms with Crippen LogP contribution in [0, 0.1) is 18.8 Å². The second-order valence-electron chi connectivity index (χ2n) is 5.55. The number of hydrogen-bond donors (Lipinski definition) is 1. The van der Waals surface area contributed by atoms with Crippen LogP contribution < -0.4 is 0 Å². The van der Waals surface area contributed by atoms with Gasteiger partial charge in [-0.05, 0) is 24.3 Å². The molecule has 94 valence electrons. The molecule has 0 spiro atoms. The largest absolute Gasteiger partial charge is 0.396 e. The zero-order valence-corrected chi connectivity index (χ0v) is 10.9. The normalized spacial score (nSPS) is 20.1. The van der Waals surface area contributed by atoms with Gasteiger partial charge in [-0.25, -0.2) is 0 Å². The predicted octanol–water partition coefficient (Wildman–Crippen LogP) is 2.53. The molecule has 0 bridgehead atoms. The molecule has 17 heavy (non-hydrogen) atoms. The Morgan fingerprint density at radius 2 is 1.82 bits per heavy atom. The lowest BCUT2D eigenvalue weighted by molar-refractivity contribution is -0.111. The summed E-state index contributed by atoms with van der Waals surface area (Å²) in [6.07, 6.45) is 0. The molecule has 1 fully saturated rings. The van der Waals surface area contributed by atoms with Crippen LogP contribution in [0.2, 0.25) is 0 Å². The third-order valence-corrected chi connectivity index (χ3v) is 4.06. The van der Waals surface area contributed by atoms with E-state index in [-0.39, 0.29) is 17.9 Å². The third kappa shape index (κ3) is 2.12. The molecular formula is C15H22O2. The van der Waals surface area contributed by atoms with Gasteiger partial charge in [0.05, 0.1) is 13.2 Å². The van der Waals surface area contributed by atoms with Crippen molar-refractivity contribution >= 4 is 0 Å². The molecule has 2 heteroatoms. The maximum absolute atomic E-state index is 9.66. The van der Waals surface area contributed by atoms with Gasteiger partial charge in [0.1, 0.15) is 0 Å². The lowest BCUT2D eigenvalue weighted by Crippen LogP contribution is -2.55. The van der Waals surface area contributed by atoms with Gasteiger partial charge in [-0.1, -0.05) is 43.7 Å².